The van der Waals surface area contributed by atoms with E-state index in [1.54, 1.807) is 0 Å². The first kappa shape index (κ1) is 15.1. The molecule has 0 spiro atoms. The molecule has 0 aliphatic carbocycles. The third kappa shape index (κ3) is 4.65. The third-order valence-corrected chi connectivity index (χ3v) is 4.71. The molecule has 0 saturated heterocycles. The van der Waals surface area contributed by atoms with Crippen LogP contribution in [0.4, 0.5) is 0 Å². The predicted molar refractivity (Wildman–Crippen MR) is 79.2 cm³/mol. The van der Waals surface area contributed by atoms with Gasteiger partial charge in [0.1, 0.15) is 0 Å². The molecule has 2 rings (SSSR count). The Morgan fingerprint density at radius 1 is 1.30 bits per heavy atom. The highest BCUT2D eigenvalue weighted by Crippen LogP contribution is 2.12. The van der Waals surface area contributed by atoms with Crippen molar-refractivity contribution < 1.29 is 13.2 Å². The van der Waals surface area contributed by atoms with E-state index in [2.05, 4.69) is 5.32 Å². The number of aryl methyl sites for hydroxylation is 1. The molecule has 4 nitrogen and oxygen atoms in total. The number of sulfone groups is 1. The molecule has 1 aromatic carbocycles. The molecule has 0 saturated carbocycles. The Kier molecular flexibility index (Phi) is 4.83. The summed E-state index contributed by atoms with van der Waals surface area (Å²) in [4.78, 5) is 11.7. The van der Waals surface area contributed by atoms with Crippen LogP contribution >= 0.6 is 11.6 Å². The zero-order valence-corrected chi connectivity index (χ0v) is 12.5. The van der Waals surface area contributed by atoms with Crippen LogP contribution in [0.15, 0.2) is 35.7 Å². The maximum atomic E-state index is 11.7. The summed E-state index contributed by atoms with van der Waals surface area (Å²) < 4.78 is 22.4. The van der Waals surface area contributed by atoms with Crippen molar-refractivity contribution in [3.05, 3.63) is 46.3 Å². The first-order valence-corrected chi connectivity index (χ1v) is 8.49. The Balaban J connectivity index is 1.71. The number of amides is 1. The van der Waals surface area contributed by atoms with E-state index in [1.807, 2.05) is 24.3 Å². The minimum Gasteiger partial charge on any atom is -0.349 e. The van der Waals surface area contributed by atoms with E-state index in [0.29, 0.717) is 11.4 Å². The van der Waals surface area contributed by atoms with Crippen LogP contribution in [0.1, 0.15) is 18.4 Å². The molecule has 0 bridgehead atoms. The van der Waals surface area contributed by atoms with Crippen molar-refractivity contribution in [3.8, 4) is 0 Å². The van der Waals surface area contributed by atoms with Crippen LogP contribution in [0.3, 0.4) is 0 Å². The molecular weight excluding hydrogens is 298 g/mol. The van der Waals surface area contributed by atoms with Gasteiger partial charge in [0.25, 0.3) is 0 Å². The van der Waals surface area contributed by atoms with Gasteiger partial charge >= 0.3 is 0 Å². The van der Waals surface area contributed by atoms with E-state index in [0.717, 1.165) is 23.8 Å². The van der Waals surface area contributed by atoms with Gasteiger partial charge in [-0.1, -0.05) is 23.7 Å². The molecule has 20 heavy (non-hydrogen) atoms. The summed E-state index contributed by atoms with van der Waals surface area (Å²) in [5.74, 6) is -0.152. The molecule has 1 heterocycles. The van der Waals surface area contributed by atoms with Crippen molar-refractivity contribution in [2.45, 2.75) is 25.3 Å². The fourth-order valence-corrected chi connectivity index (χ4v) is 3.41. The Labute approximate surface area is 123 Å². The van der Waals surface area contributed by atoms with Crippen LogP contribution < -0.4 is 5.32 Å². The molecule has 0 fully saturated rings. The minimum absolute atomic E-state index is 0.0318. The van der Waals surface area contributed by atoms with Crippen LogP contribution in [-0.4, -0.2) is 26.1 Å². The van der Waals surface area contributed by atoms with Crippen LogP contribution in [0, 0.1) is 0 Å². The van der Waals surface area contributed by atoms with Crippen molar-refractivity contribution in [1.29, 1.82) is 0 Å². The van der Waals surface area contributed by atoms with Gasteiger partial charge in [0, 0.05) is 16.9 Å². The monoisotopic (exact) mass is 313 g/mol. The van der Waals surface area contributed by atoms with E-state index in [1.165, 1.54) is 6.08 Å². The Morgan fingerprint density at radius 2 is 2.00 bits per heavy atom. The summed E-state index contributed by atoms with van der Waals surface area (Å²) in [6, 6.07) is 7.14. The molecule has 1 aliphatic heterocycles. The van der Waals surface area contributed by atoms with Gasteiger partial charge in [0.05, 0.1) is 11.8 Å². The summed E-state index contributed by atoms with van der Waals surface area (Å²) in [6.07, 6.45) is 3.42. The number of hydrogen-bond donors (Lipinski definition) is 1. The summed E-state index contributed by atoms with van der Waals surface area (Å²) >= 11 is 5.79. The molecule has 1 amide bonds. The van der Waals surface area contributed by atoms with Crippen molar-refractivity contribution in [1.82, 2.24) is 5.32 Å². The zero-order chi connectivity index (χ0) is 14.6. The van der Waals surface area contributed by atoms with E-state index >= 15 is 0 Å². The molecule has 108 valence electrons. The first-order chi connectivity index (χ1) is 9.44. The number of nitrogens with one attached hydrogen (secondary N) is 1. The molecule has 1 aromatic rings. The smallest absolute Gasteiger partial charge is 0.220 e. The van der Waals surface area contributed by atoms with Gasteiger partial charge in [0.2, 0.25) is 5.91 Å². The van der Waals surface area contributed by atoms with Crippen LogP contribution in [0.25, 0.3) is 0 Å². The molecule has 1 atom stereocenters. The number of rotatable bonds is 5. The summed E-state index contributed by atoms with van der Waals surface area (Å²) in [5.41, 5.74) is 1.13. The standard InChI is InChI=1S/C14H16ClNO3S/c15-12-6-4-11(5-7-12)2-1-3-14(17)16-13-8-9-20(18,19)10-13/h4-9,13H,1-3,10H2,(H,16,17). The van der Waals surface area contributed by atoms with Crippen molar-refractivity contribution >= 4 is 27.3 Å². The highest BCUT2D eigenvalue weighted by Gasteiger charge is 2.22. The molecule has 1 unspecified atom stereocenters. The Morgan fingerprint density at radius 3 is 2.60 bits per heavy atom. The van der Waals surface area contributed by atoms with Crippen LogP contribution in [-0.2, 0) is 21.1 Å². The van der Waals surface area contributed by atoms with Gasteiger partial charge in [-0.3, -0.25) is 4.79 Å². The highest BCUT2D eigenvalue weighted by atomic mass is 35.5. The van der Waals surface area contributed by atoms with Crippen molar-refractivity contribution in [2.24, 2.45) is 0 Å². The summed E-state index contributed by atoms with van der Waals surface area (Å²) in [6.45, 7) is 0. The second-order valence-corrected chi connectivity index (χ2v) is 7.18. The quantitative estimate of drug-likeness (QED) is 0.905. The minimum atomic E-state index is -3.12. The lowest BCUT2D eigenvalue weighted by Gasteiger charge is -2.09. The third-order valence-electron chi connectivity index (χ3n) is 3.06. The molecule has 6 heteroatoms. The lowest BCUT2D eigenvalue weighted by Crippen LogP contribution is -2.35. The van der Waals surface area contributed by atoms with Crippen molar-refractivity contribution in [2.75, 3.05) is 5.75 Å². The Hall–Kier alpha value is -1.33. The fraction of sp³-hybridized carbons (Fsp3) is 0.357. The molecule has 0 radical (unpaired) electrons. The number of carbonyl (C=O) groups is 1. The van der Waals surface area contributed by atoms with E-state index in [9.17, 15) is 13.2 Å². The molecule has 1 N–H and O–H groups in total. The van der Waals surface area contributed by atoms with Gasteiger partial charge in [-0.05, 0) is 36.6 Å². The van der Waals surface area contributed by atoms with Crippen molar-refractivity contribution in [3.63, 3.8) is 0 Å². The number of hydrogen-bond acceptors (Lipinski definition) is 3. The normalized spacial score (nSPS) is 19.9. The molecule has 0 aromatic heterocycles. The lowest BCUT2D eigenvalue weighted by molar-refractivity contribution is -0.121. The second kappa shape index (κ2) is 6.41. The van der Waals surface area contributed by atoms with E-state index < -0.39 is 9.84 Å². The lowest BCUT2D eigenvalue weighted by atomic mass is 10.1. The van der Waals surface area contributed by atoms with Crippen LogP contribution in [0.2, 0.25) is 5.02 Å². The summed E-state index contributed by atoms with van der Waals surface area (Å²) in [5, 5.41) is 4.56. The zero-order valence-electron chi connectivity index (χ0n) is 10.9. The van der Waals surface area contributed by atoms with Gasteiger partial charge in [-0.2, -0.15) is 0 Å². The molecular formula is C14H16ClNO3S. The van der Waals surface area contributed by atoms with Gasteiger partial charge in [0.15, 0.2) is 9.84 Å². The number of carbonyl (C=O) groups excluding carboxylic acids is 1. The largest absolute Gasteiger partial charge is 0.349 e. The topological polar surface area (TPSA) is 63.2 Å². The van der Waals surface area contributed by atoms with Gasteiger partial charge in [-0.25, -0.2) is 8.42 Å². The van der Waals surface area contributed by atoms with E-state index in [4.69, 9.17) is 11.6 Å². The first-order valence-electron chi connectivity index (χ1n) is 6.39. The second-order valence-electron chi connectivity index (χ2n) is 4.81. The SMILES string of the molecule is O=C(CCCc1ccc(Cl)cc1)NC1C=CS(=O)(=O)C1. The Bertz CT molecular complexity index is 608. The predicted octanol–water partition coefficient (Wildman–Crippen LogP) is 2.09. The van der Waals surface area contributed by atoms with Gasteiger partial charge in [-0.15, -0.1) is 0 Å². The summed E-state index contributed by atoms with van der Waals surface area (Å²) in [7, 11) is -3.12. The van der Waals surface area contributed by atoms with E-state index in [-0.39, 0.29) is 17.7 Å². The number of halogens is 1. The van der Waals surface area contributed by atoms with Crippen LogP contribution in [0.5, 0.6) is 0 Å². The number of benzene rings is 1. The maximum absolute atomic E-state index is 11.7. The molecule has 1 aliphatic rings. The maximum Gasteiger partial charge on any atom is 0.220 e. The van der Waals surface area contributed by atoms with Gasteiger partial charge < -0.3 is 5.32 Å². The highest BCUT2D eigenvalue weighted by molar-refractivity contribution is 7.94. The average molecular weight is 314 g/mol. The average Bonchev–Trinajstić information content (AvgIpc) is 2.71. The fourth-order valence-electron chi connectivity index (χ4n) is 2.05.